The van der Waals surface area contributed by atoms with E-state index in [1.807, 2.05) is 7.05 Å². The summed E-state index contributed by atoms with van der Waals surface area (Å²) in [5.74, 6) is 0. The van der Waals surface area contributed by atoms with E-state index < -0.39 is 0 Å². The predicted octanol–water partition coefficient (Wildman–Crippen LogP) is 1.38. The van der Waals surface area contributed by atoms with E-state index in [9.17, 15) is 0 Å². The van der Waals surface area contributed by atoms with Crippen LogP contribution >= 0.6 is 0 Å². The summed E-state index contributed by atoms with van der Waals surface area (Å²) in [7, 11) is 1.97. The van der Waals surface area contributed by atoms with Crippen molar-refractivity contribution in [3.05, 3.63) is 0 Å². The van der Waals surface area contributed by atoms with Crippen molar-refractivity contribution in [2.45, 2.75) is 33.1 Å². The molecule has 0 rings (SSSR count). The van der Waals surface area contributed by atoms with E-state index in [2.05, 4.69) is 10.8 Å². The van der Waals surface area contributed by atoms with Crippen molar-refractivity contribution in [3.8, 4) is 0 Å². The SMILES string of the molecule is C.CNCCCCCCNO. The summed E-state index contributed by atoms with van der Waals surface area (Å²) in [5, 5.41) is 11.3. The van der Waals surface area contributed by atoms with Crippen LogP contribution < -0.4 is 10.8 Å². The minimum atomic E-state index is 0. The standard InChI is InChI=1S/C7H18N2O.CH4/c1-8-6-4-2-3-5-7-9-10;/h8-10H,2-7H2,1H3;1H4. The molecule has 0 radical (unpaired) electrons. The van der Waals surface area contributed by atoms with E-state index in [4.69, 9.17) is 5.21 Å². The lowest BCUT2D eigenvalue weighted by Gasteiger charge is -1.99. The Morgan fingerprint density at radius 3 is 2.00 bits per heavy atom. The fourth-order valence-electron chi connectivity index (χ4n) is 0.859. The van der Waals surface area contributed by atoms with Crippen molar-refractivity contribution < 1.29 is 5.21 Å². The first kappa shape index (κ1) is 13.5. The van der Waals surface area contributed by atoms with Crippen molar-refractivity contribution in [3.63, 3.8) is 0 Å². The van der Waals surface area contributed by atoms with E-state index in [0.29, 0.717) is 0 Å². The molecule has 0 aliphatic heterocycles. The summed E-state index contributed by atoms with van der Waals surface area (Å²) in [6, 6.07) is 0. The van der Waals surface area contributed by atoms with Gasteiger partial charge in [0.15, 0.2) is 0 Å². The molecule has 0 unspecified atom stereocenters. The van der Waals surface area contributed by atoms with Gasteiger partial charge >= 0.3 is 0 Å². The number of hydrogen-bond acceptors (Lipinski definition) is 3. The summed E-state index contributed by atoms with van der Waals surface area (Å²) in [4.78, 5) is 0. The van der Waals surface area contributed by atoms with Crippen LogP contribution in [0.1, 0.15) is 33.1 Å². The number of unbranched alkanes of at least 4 members (excludes halogenated alkanes) is 3. The Morgan fingerprint density at radius 2 is 1.55 bits per heavy atom. The second-order valence-electron chi connectivity index (χ2n) is 2.43. The van der Waals surface area contributed by atoms with Gasteiger partial charge in [0.2, 0.25) is 0 Å². The number of rotatable bonds is 7. The van der Waals surface area contributed by atoms with Crippen molar-refractivity contribution in [1.29, 1.82) is 0 Å². The van der Waals surface area contributed by atoms with Crippen LogP contribution in [0.15, 0.2) is 0 Å². The molecule has 0 spiro atoms. The van der Waals surface area contributed by atoms with Crippen molar-refractivity contribution >= 4 is 0 Å². The molecule has 3 N–H and O–H groups in total. The second kappa shape index (κ2) is 12.5. The summed E-state index contributed by atoms with van der Waals surface area (Å²) in [6.07, 6.45) is 4.76. The Hall–Kier alpha value is -0.120. The quantitative estimate of drug-likeness (QED) is 0.391. The third-order valence-electron chi connectivity index (χ3n) is 1.47. The average molecular weight is 162 g/mol. The molecule has 0 heterocycles. The van der Waals surface area contributed by atoms with Gasteiger partial charge in [-0.3, -0.25) is 0 Å². The molecular formula is C8H22N2O. The first-order valence-electron chi connectivity index (χ1n) is 3.93. The van der Waals surface area contributed by atoms with Gasteiger partial charge in [-0.1, -0.05) is 20.3 Å². The van der Waals surface area contributed by atoms with Crippen LogP contribution in [0.3, 0.4) is 0 Å². The lowest BCUT2D eigenvalue weighted by molar-refractivity contribution is 0.164. The Labute approximate surface area is 70.1 Å². The highest BCUT2D eigenvalue weighted by Crippen LogP contribution is 1.96. The van der Waals surface area contributed by atoms with E-state index in [0.717, 1.165) is 19.5 Å². The van der Waals surface area contributed by atoms with Gasteiger partial charge in [-0.15, -0.1) is 0 Å². The fraction of sp³-hybridized carbons (Fsp3) is 1.00. The molecule has 0 aromatic heterocycles. The third-order valence-corrected chi connectivity index (χ3v) is 1.47. The molecule has 3 nitrogen and oxygen atoms in total. The molecule has 70 valence electrons. The summed E-state index contributed by atoms with van der Waals surface area (Å²) >= 11 is 0. The molecule has 0 aliphatic carbocycles. The van der Waals surface area contributed by atoms with Gasteiger partial charge in [-0.25, -0.2) is 5.48 Å². The van der Waals surface area contributed by atoms with Gasteiger partial charge in [0, 0.05) is 6.54 Å². The Kier molecular flexibility index (Phi) is 15.4. The highest BCUT2D eigenvalue weighted by Gasteiger charge is 1.87. The first-order valence-corrected chi connectivity index (χ1v) is 3.93. The van der Waals surface area contributed by atoms with Crippen LogP contribution in [-0.4, -0.2) is 25.3 Å². The molecule has 3 heteroatoms. The van der Waals surface area contributed by atoms with Gasteiger partial charge in [0.25, 0.3) is 0 Å². The highest BCUT2D eigenvalue weighted by atomic mass is 16.5. The van der Waals surface area contributed by atoms with Gasteiger partial charge in [-0.2, -0.15) is 0 Å². The molecule has 0 bridgehead atoms. The number of nitrogens with one attached hydrogen (secondary N) is 2. The first-order chi connectivity index (χ1) is 4.91. The van der Waals surface area contributed by atoms with E-state index >= 15 is 0 Å². The lowest BCUT2D eigenvalue weighted by Crippen LogP contribution is -2.09. The number of hydrogen-bond donors (Lipinski definition) is 3. The molecule has 0 aromatic carbocycles. The summed E-state index contributed by atoms with van der Waals surface area (Å²) < 4.78 is 0. The minimum absolute atomic E-state index is 0. The molecule has 0 aromatic rings. The zero-order chi connectivity index (χ0) is 7.66. The summed E-state index contributed by atoms with van der Waals surface area (Å²) in [6.45, 7) is 1.83. The minimum Gasteiger partial charge on any atom is -0.320 e. The molecule has 0 fully saturated rings. The third kappa shape index (κ3) is 13.0. The largest absolute Gasteiger partial charge is 0.320 e. The molecule has 0 amide bonds. The Bertz CT molecular complexity index is 52.1. The van der Waals surface area contributed by atoms with Crippen molar-refractivity contribution in [2.75, 3.05) is 20.1 Å². The maximum absolute atomic E-state index is 8.21. The van der Waals surface area contributed by atoms with Crippen molar-refractivity contribution in [1.82, 2.24) is 10.8 Å². The molecule has 0 atom stereocenters. The molecular weight excluding hydrogens is 140 g/mol. The molecule has 0 saturated carbocycles. The normalized spacial score (nSPS) is 9.27. The molecule has 0 aliphatic rings. The Morgan fingerprint density at radius 1 is 1.00 bits per heavy atom. The Balaban J connectivity index is 0. The van der Waals surface area contributed by atoms with Crippen LogP contribution in [0.2, 0.25) is 0 Å². The second-order valence-corrected chi connectivity index (χ2v) is 2.43. The van der Waals surface area contributed by atoms with E-state index in [1.54, 1.807) is 0 Å². The zero-order valence-corrected chi connectivity index (χ0v) is 6.69. The average Bonchev–Trinajstić information content (AvgIpc) is 1.97. The van der Waals surface area contributed by atoms with Crippen molar-refractivity contribution in [2.24, 2.45) is 0 Å². The monoisotopic (exact) mass is 162 g/mol. The summed E-state index contributed by atoms with van der Waals surface area (Å²) in [5.41, 5.74) is 2.14. The van der Waals surface area contributed by atoms with Crippen LogP contribution in [-0.2, 0) is 0 Å². The van der Waals surface area contributed by atoms with Crippen LogP contribution in [0.5, 0.6) is 0 Å². The van der Waals surface area contributed by atoms with Gasteiger partial charge in [0.1, 0.15) is 0 Å². The zero-order valence-electron chi connectivity index (χ0n) is 6.69. The van der Waals surface area contributed by atoms with E-state index in [-0.39, 0.29) is 7.43 Å². The van der Waals surface area contributed by atoms with Gasteiger partial charge in [0.05, 0.1) is 0 Å². The molecule has 0 saturated heterocycles. The van der Waals surface area contributed by atoms with E-state index in [1.165, 1.54) is 19.3 Å². The van der Waals surface area contributed by atoms with Crippen LogP contribution in [0, 0.1) is 0 Å². The maximum Gasteiger partial charge on any atom is 0.0207 e. The maximum atomic E-state index is 8.21. The van der Waals surface area contributed by atoms with Gasteiger partial charge < -0.3 is 10.5 Å². The van der Waals surface area contributed by atoms with Gasteiger partial charge in [-0.05, 0) is 26.4 Å². The topological polar surface area (TPSA) is 44.3 Å². The van der Waals surface area contributed by atoms with Crippen LogP contribution in [0.25, 0.3) is 0 Å². The highest BCUT2D eigenvalue weighted by molar-refractivity contribution is 4.45. The number of hydroxylamine groups is 1. The molecule has 11 heavy (non-hydrogen) atoms. The predicted molar refractivity (Wildman–Crippen MR) is 48.9 cm³/mol. The van der Waals surface area contributed by atoms with Crippen LogP contribution in [0.4, 0.5) is 0 Å². The lowest BCUT2D eigenvalue weighted by atomic mass is 10.2. The smallest absolute Gasteiger partial charge is 0.0207 e. The fourth-order valence-corrected chi connectivity index (χ4v) is 0.859.